The molecule has 1 aromatic heterocycles. The minimum Gasteiger partial charge on any atom is -0.459 e. The number of rotatable bonds is 6. The van der Waals surface area contributed by atoms with Crippen LogP contribution in [0, 0.1) is 0 Å². The van der Waals surface area contributed by atoms with Gasteiger partial charge in [0.25, 0.3) is 5.91 Å². The Morgan fingerprint density at radius 1 is 1.14 bits per heavy atom. The van der Waals surface area contributed by atoms with E-state index in [1.165, 1.54) is 12.1 Å². The van der Waals surface area contributed by atoms with Crippen LogP contribution >= 0.6 is 0 Å². The Hall–Kier alpha value is -3.00. The molecule has 1 heterocycles. The second-order valence-electron chi connectivity index (χ2n) is 6.45. The molecule has 0 unspecified atom stereocenters. The van der Waals surface area contributed by atoms with Crippen molar-refractivity contribution in [1.82, 2.24) is 10.2 Å². The Bertz CT molecular complexity index is 916. The third-order valence-electron chi connectivity index (χ3n) is 4.20. The fraction of sp³-hybridized carbons (Fsp3) is 0.250. The number of para-hydroxylation sites is 1. The van der Waals surface area contributed by atoms with Gasteiger partial charge in [0.05, 0.1) is 6.04 Å². The van der Waals surface area contributed by atoms with Gasteiger partial charge in [-0.1, -0.05) is 18.2 Å². The first kappa shape index (κ1) is 19.8. The number of hydrogen-bond donors (Lipinski definition) is 1. The van der Waals surface area contributed by atoms with Crippen LogP contribution in [0.25, 0.3) is 11.0 Å². The topological polar surface area (TPSA) is 54.7 Å². The van der Waals surface area contributed by atoms with E-state index >= 15 is 0 Å². The van der Waals surface area contributed by atoms with Gasteiger partial charge in [0.15, 0.2) is 0 Å². The van der Waals surface area contributed by atoms with E-state index in [1.54, 1.807) is 0 Å². The minimum atomic E-state index is -4.77. The van der Waals surface area contributed by atoms with E-state index in [4.69, 9.17) is 4.42 Å². The van der Waals surface area contributed by atoms with Gasteiger partial charge in [-0.2, -0.15) is 0 Å². The molecule has 28 heavy (non-hydrogen) atoms. The lowest BCUT2D eigenvalue weighted by Gasteiger charge is -2.22. The van der Waals surface area contributed by atoms with E-state index in [0.29, 0.717) is 5.76 Å². The summed E-state index contributed by atoms with van der Waals surface area (Å²) in [4.78, 5) is 14.3. The smallest absolute Gasteiger partial charge is 0.459 e. The lowest BCUT2D eigenvalue weighted by molar-refractivity contribution is -0.274. The Morgan fingerprint density at radius 3 is 2.43 bits per heavy atom. The highest BCUT2D eigenvalue weighted by molar-refractivity contribution is 5.94. The second-order valence-corrected chi connectivity index (χ2v) is 6.45. The molecule has 1 N–H and O–H groups in total. The van der Waals surface area contributed by atoms with Gasteiger partial charge >= 0.3 is 6.36 Å². The van der Waals surface area contributed by atoms with E-state index in [1.807, 2.05) is 49.3 Å². The first-order chi connectivity index (χ1) is 13.2. The van der Waals surface area contributed by atoms with Gasteiger partial charge in [0, 0.05) is 17.5 Å². The zero-order valence-corrected chi connectivity index (χ0v) is 15.3. The second kappa shape index (κ2) is 7.93. The molecule has 0 aliphatic rings. The molecule has 0 spiro atoms. The van der Waals surface area contributed by atoms with Crippen LogP contribution in [-0.2, 0) is 0 Å². The molecule has 0 saturated heterocycles. The number of amides is 1. The van der Waals surface area contributed by atoms with Crippen LogP contribution in [0.1, 0.15) is 22.2 Å². The van der Waals surface area contributed by atoms with E-state index in [0.717, 1.165) is 23.1 Å². The molecular weight excluding hydrogens is 373 g/mol. The maximum Gasteiger partial charge on any atom is 0.573 e. The van der Waals surface area contributed by atoms with Gasteiger partial charge in [0.2, 0.25) is 0 Å². The number of carbonyl (C=O) groups is 1. The summed E-state index contributed by atoms with van der Waals surface area (Å²) in [5.74, 6) is -0.0700. The van der Waals surface area contributed by atoms with E-state index in [9.17, 15) is 18.0 Å². The van der Waals surface area contributed by atoms with Crippen molar-refractivity contribution in [3.05, 3.63) is 65.9 Å². The molecule has 1 amide bonds. The highest BCUT2D eigenvalue weighted by Gasteiger charge is 2.31. The van der Waals surface area contributed by atoms with Crippen molar-refractivity contribution >= 4 is 16.9 Å². The Balaban J connectivity index is 1.67. The zero-order valence-electron chi connectivity index (χ0n) is 15.3. The van der Waals surface area contributed by atoms with Crippen LogP contribution in [0.2, 0.25) is 0 Å². The van der Waals surface area contributed by atoms with E-state index < -0.39 is 12.3 Å². The van der Waals surface area contributed by atoms with Gasteiger partial charge < -0.3 is 14.5 Å². The van der Waals surface area contributed by atoms with Crippen molar-refractivity contribution in [2.45, 2.75) is 12.4 Å². The normalized spacial score (nSPS) is 12.9. The summed E-state index contributed by atoms with van der Waals surface area (Å²) >= 11 is 0. The third-order valence-corrected chi connectivity index (χ3v) is 4.20. The monoisotopic (exact) mass is 392 g/mol. The minimum absolute atomic E-state index is 0.204. The number of furan rings is 1. The summed E-state index contributed by atoms with van der Waals surface area (Å²) in [6.07, 6.45) is -4.77. The van der Waals surface area contributed by atoms with Crippen molar-refractivity contribution in [3.8, 4) is 5.75 Å². The van der Waals surface area contributed by atoms with Crippen LogP contribution in [0.5, 0.6) is 5.75 Å². The lowest BCUT2D eigenvalue weighted by Crippen LogP contribution is -2.34. The summed E-state index contributed by atoms with van der Waals surface area (Å²) in [5, 5.41) is 3.76. The number of likely N-dealkylation sites (N-methyl/N-ethyl adjacent to an activating group) is 1. The average Bonchev–Trinajstić information content (AvgIpc) is 3.04. The molecular formula is C20H19F3N2O3. The third kappa shape index (κ3) is 4.83. The number of benzene rings is 2. The van der Waals surface area contributed by atoms with Crippen molar-refractivity contribution in [1.29, 1.82) is 0 Å². The average molecular weight is 392 g/mol. The fourth-order valence-electron chi connectivity index (χ4n) is 2.80. The maximum absolute atomic E-state index is 12.3. The number of halogens is 3. The number of nitrogens with zero attached hydrogens (tertiary/aromatic N) is 1. The summed E-state index contributed by atoms with van der Waals surface area (Å²) < 4.78 is 46.3. The lowest BCUT2D eigenvalue weighted by atomic mass is 10.1. The molecule has 0 bridgehead atoms. The molecule has 0 aliphatic carbocycles. The van der Waals surface area contributed by atoms with Crippen molar-refractivity contribution < 1.29 is 27.1 Å². The number of nitrogens with one attached hydrogen (secondary N) is 1. The van der Waals surface area contributed by atoms with Gasteiger partial charge in [-0.05, 0) is 50.5 Å². The quantitative estimate of drug-likeness (QED) is 0.677. The molecule has 5 nitrogen and oxygen atoms in total. The molecule has 1 atom stereocenters. The van der Waals surface area contributed by atoms with Gasteiger partial charge in [-0.3, -0.25) is 9.69 Å². The summed E-state index contributed by atoms with van der Waals surface area (Å²) in [6, 6.07) is 14.1. The number of alkyl halides is 3. The first-order valence-corrected chi connectivity index (χ1v) is 8.52. The molecule has 8 heteroatoms. The Labute approximate surface area is 159 Å². The Morgan fingerprint density at radius 2 is 1.82 bits per heavy atom. The summed E-state index contributed by atoms with van der Waals surface area (Å²) in [6.45, 7) is 0.270. The standard InChI is InChI=1S/C20H19F3N2O3/c1-25(2)16(18-11-14-5-3-4-6-17(14)27-18)12-24-19(26)13-7-9-15(10-8-13)28-20(21,22)23/h3-11,16H,12H2,1-2H3,(H,24,26)/t16-/m0/s1. The summed E-state index contributed by atoms with van der Waals surface area (Å²) in [7, 11) is 3.74. The van der Waals surface area contributed by atoms with Gasteiger partial charge in [0.1, 0.15) is 17.1 Å². The number of fused-ring (bicyclic) bond motifs is 1. The molecule has 0 saturated carbocycles. The number of hydrogen-bond acceptors (Lipinski definition) is 4. The van der Waals surface area contributed by atoms with Gasteiger partial charge in [-0.15, -0.1) is 13.2 Å². The van der Waals surface area contributed by atoms with Crippen molar-refractivity contribution in [2.75, 3.05) is 20.6 Å². The fourth-order valence-corrected chi connectivity index (χ4v) is 2.80. The largest absolute Gasteiger partial charge is 0.573 e. The molecule has 0 aliphatic heterocycles. The molecule has 3 aromatic rings. The summed E-state index contributed by atoms with van der Waals surface area (Å²) in [5.41, 5.74) is 0.993. The maximum atomic E-state index is 12.3. The molecule has 0 fully saturated rings. The first-order valence-electron chi connectivity index (χ1n) is 8.52. The molecule has 148 valence electrons. The molecule has 3 rings (SSSR count). The van der Waals surface area contributed by atoms with Crippen molar-refractivity contribution in [3.63, 3.8) is 0 Å². The van der Waals surface area contributed by atoms with Crippen molar-refractivity contribution in [2.24, 2.45) is 0 Å². The van der Waals surface area contributed by atoms with Gasteiger partial charge in [-0.25, -0.2) is 0 Å². The van der Waals surface area contributed by atoms with Crippen LogP contribution in [-0.4, -0.2) is 37.8 Å². The SMILES string of the molecule is CN(C)[C@@H](CNC(=O)c1ccc(OC(F)(F)F)cc1)c1cc2ccccc2o1. The molecule has 2 aromatic carbocycles. The number of carbonyl (C=O) groups excluding carboxylic acids is 1. The Kier molecular flexibility index (Phi) is 5.60. The highest BCUT2D eigenvalue weighted by Crippen LogP contribution is 2.26. The van der Waals surface area contributed by atoms with E-state index in [2.05, 4.69) is 10.1 Å². The number of ether oxygens (including phenoxy) is 1. The van der Waals surface area contributed by atoms with Crippen LogP contribution in [0.4, 0.5) is 13.2 Å². The van der Waals surface area contributed by atoms with Crippen LogP contribution in [0.3, 0.4) is 0 Å². The van der Waals surface area contributed by atoms with Crippen LogP contribution in [0.15, 0.2) is 59.0 Å². The molecule has 0 radical (unpaired) electrons. The predicted molar refractivity (Wildman–Crippen MR) is 98.1 cm³/mol. The van der Waals surface area contributed by atoms with E-state index in [-0.39, 0.29) is 23.9 Å². The predicted octanol–water partition coefficient (Wildman–Crippen LogP) is 4.36. The highest BCUT2D eigenvalue weighted by atomic mass is 19.4. The zero-order chi connectivity index (χ0) is 20.3. The van der Waals surface area contributed by atoms with Crippen LogP contribution < -0.4 is 10.1 Å².